The summed E-state index contributed by atoms with van der Waals surface area (Å²) in [7, 11) is -3.20. The average Bonchev–Trinajstić information content (AvgIpc) is 2.82. The van der Waals surface area contributed by atoms with E-state index >= 15 is 0 Å². The van der Waals surface area contributed by atoms with Gasteiger partial charge in [-0.2, -0.15) is 0 Å². The van der Waals surface area contributed by atoms with E-state index in [-0.39, 0.29) is 5.75 Å². The molecule has 2 aromatic rings. The van der Waals surface area contributed by atoms with Crippen molar-refractivity contribution in [1.82, 2.24) is 0 Å². The van der Waals surface area contributed by atoms with Gasteiger partial charge in [0, 0.05) is 9.35 Å². The van der Waals surface area contributed by atoms with E-state index in [0.717, 1.165) is 9.35 Å². The largest absolute Gasteiger partial charge is 0.379 e. The molecule has 102 valence electrons. The first-order chi connectivity index (χ1) is 9.04. The van der Waals surface area contributed by atoms with Crippen LogP contribution in [0.5, 0.6) is 0 Å². The predicted octanol–water partition coefficient (Wildman–Crippen LogP) is 3.92. The highest BCUT2D eigenvalue weighted by Crippen LogP contribution is 2.26. The van der Waals surface area contributed by atoms with Crippen molar-refractivity contribution in [3.63, 3.8) is 0 Å². The standard InChI is InChI=1S/C13H14BrNO2S2/c1-2-19(16,17)13-6-4-3-5-11(13)15-9-12-10(14)7-8-18-12/h3-8,15H,2,9H2,1H3. The fraction of sp³-hybridized carbons (Fsp3) is 0.231. The third kappa shape index (κ3) is 3.38. The third-order valence-electron chi connectivity index (χ3n) is 2.73. The van der Waals surface area contributed by atoms with Gasteiger partial charge in [-0.15, -0.1) is 11.3 Å². The summed E-state index contributed by atoms with van der Waals surface area (Å²) in [4.78, 5) is 1.51. The smallest absolute Gasteiger partial charge is 0.180 e. The Labute approximate surface area is 125 Å². The number of halogens is 1. The molecule has 0 aliphatic carbocycles. The highest BCUT2D eigenvalue weighted by molar-refractivity contribution is 9.10. The Morgan fingerprint density at radius 3 is 2.63 bits per heavy atom. The molecule has 0 atom stereocenters. The molecule has 2 rings (SSSR count). The average molecular weight is 360 g/mol. The highest BCUT2D eigenvalue weighted by atomic mass is 79.9. The minimum absolute atomic E-state index is 0.106. The van der Waals surface area contributed by atoms with Gasteiger partial charge in [0.1, 0.15) is 0 Å². The molecule has 1 aromatic heterocycles. The fourth-order valence-corrected chi connectivity index (χ4v) is 4.17. The summed E-state index contributed by atoms with van der Waals surface area (Å²) in [6, 6.07) is 9.00. The van der Waals surface area contributed by atoms with Gasteiger partial charge < -0.3 is 5.32 Å². The van der Waals surface area contributed by atoms with Crippen molar-refractivity contribution in [3.8, 4) is 0 Å². The summed E-state index contributed by atoms with van der Waals surface area (Å²) in [5.41, 5.74) is 0.657. The zero-order valence-corrected chi connectivity index (χ0v) is 13.6. The molecule has 0 amide bonds. The number of thiophene rings is 1. The number of hydrogen-bond donors (Lipinski definition) is 1. The molecule has 0 unspecified atom stereocenters. The predicted molar refractivity (Wildman–Crippen MR) is 83.5 cm³/mol. The molecule has 0 aliphatic heterocycles. The number of rotatable bonds is 5. The first-order valence-electron chi connectivity index (χ1n) is 5.82. The second kappa shape index (κ2) is 6.07. The van der Waals surface area contributed by atoms with Crippen molar-refractivity contribution >= 4 is 42.8 Å². The molecule has 0 saturated carbocycles. The van der Waals surface area contributed by atoms with Crippen molar-refractivity contribution in [2.24, 2.45) is 0 Å². The van der Waals surface area contributed by atoms with E-state index in [0.29, 0.717) is 17.1 Å². The Balaban J connectivity index is 2.24. The van der Waals surface area contributed by atoms with Crippen LogP contribution in [0.25, 0.3) is 0 Å². The fourth-order valence-electron chi connectivity index (χ4n) is 1.67. The molecule has 0 fully saturated rings. The summed E-state index contributed by atoms with van der Waals surface area (Å²) in [5.74, 6) is 0.106. The van der Waals surface area contributed by atoms with E-state index in [4.69, 9.17) is 0 Å². The second-order valence-electron chi connectivity index (χ2n) is 3.94. The van der Waals surface area contributed by atoms with Crippen LogP contribution in [-0.4, -0.2) is 14.2 Å². The molecular weight excluding hydrogens is 346 g/mol. The Hall–Kier alpha value is -0.850. The Bertz CT molecular complexity index is 665. The van der Waals surface area contributed by atoms with Crippen molar-refractivity contribution in [2.75, 3.05) is 11.1 Å². The SMILES string of the molecule is CCS(=O)(=O)c1ccccc1NCc1sccc1Br. The Morgan fingerprint density at radius 2 is 2.00 bits per heavy atom. The maximum absolute atomic E-state index is 12.0. The Kier molecular flexibility index (Phi) is 4.65. The van der Waals surface area contributed by atoms with Gasteiger partial charge in [-0.05, 0) is 39.5 Å². The molecule has 0 saturated heterocycles. The van der Waals surface area contributed by atoms with Crippen molar-refractivity contribution in [2.45, 2.75) is 18.4 Å². The number of anilines is 1. The number of sulfone groups is 1. The molecule has 0 aliphatic rings. The molecule has 6 heteroatoms. The van der Waals surface area contributed by atoms with Gasteiger partial charge in [-0.25, -0.2) is 8.42 Å². The highest BCUT2D eigenvalue weighted by Gasteiger charge is 2.16. The van der Waals surface area contributed by atoms with Crippen LogP contribution in [-0.2, 0) is 16.4 Å². The van der Waals surface area contributed by atoms with Crippen LogP contribution in [0, 0.1) is 0 Å². The van der Waals surface area contributed by atoms with E-state index in [1.807, 2.05) is 17.5 Å². The first-order valence-corrected chi connectivity index (χ1v) is 9.14. The summed E-state index contributed by atoms with van der Waals surface area (Å²) < 4.78 is 25.0. The van der Waals surface area contributed by atoms with Crippen molar-refractivity contribution in [3.05, 3.63) is 45.1 Å². The van der Waals surface area contributed by atoms with Gasteiger partial charge >= 0.3 is 0 Å². The van der Waals surface area contributed by atoms with Crippen LogP contribution in [0.3, 0.4) is 0 Å². The number of para-hydroxylation sites is 1. The summed E-state index contributed by atoms with van der Waals surface area (Å²) in [6.07, 6.45) is 0. The van der Waals surface area contributed by atoms with Crippen LogP contribution in [0.2, 0.25) is 0 Å². The van der Waals surface area contributed by atoms with Gasteiger partial charge in [0.15, 0.2) is 9.84 Å². The molecule has 1 N–H and O–H groups in total. The molecule has 0 radical (unpaired) electrons. The number of benzene rings is 1. The van der Waals surface area contributed by atoms with Crippen LogP contribution in [0.15, 0.2) is 45.1 Å². The maximum atomic E-state index is 12.0. The molecule has 1 aromatic carbocycles. The van der Waals surface area contributed by atoms with E-state index in [1.165, 1.54) is 0 Å². The molecule has 0 spiro atoms. The molecule has 0 bridgehead atoms. The second-order valence-corrected chi connectivity index (χ2v) is 8.05. The van der Waals surface area contributed by atoms with Crippen LogP contribution in [0.1, 0.15) is 11.8 Å². The van der Waals surface area contributed by atoms with Gasteiger partial charge in [0.2, 0.25) is 0 Å². The minimum Gasteiger partial charge on any atom is -0.379 e. The van der Waals surface area contributed by atoms with E-state index in [1.54, 1.807) is 36.5 Å². The molecule has 19 heavy (non-hydrogen) atoms. The number of nitrogens with one attached hydrogen (secondary N) is 1. The molecule has 3 nitrogen and oxygen atoms in total. The monoisotopic (exact) mass is 359 g/mol. The van der Waals surface area contributed by atoms with Crippen molar-refractivity contribution in [1.29, 1.82) is 0 Å². The van der Waals surface area contributed by atoms with Crippen molar-refractivity contribution < 1.29 is 8.42 Å². The zero-order valence-electron chi connectivity index (χ0n) is 10.4. The quantitative estimate of drug-likeness (QED) is 0.879. The first kappa shape index (κ1) is 14.6. The lowest BCUT2D eigenvalue weighted by atomic mass is 10.3. The normalized spacial score (nSPS) is 11.5. The van der Waals surface area contributed by atoms with E-state index < -0.39 is 9.84 Å². The van der Waals surface area contributed by atoms with E-state index in [9.17, 15) is 8.42 Å². The summed E-state index contributed by atoms with van der Waals surface area (Å²) in [5, 5.41) is 5.19. The van der Waals surface area contributed by atoms with Gasteiger partial charge in [-0.1, -0.05) is 19.1 Å². The lowest BCUT2D eigenvalue weighted by Crippen LogP contribution is -2.08. The van der Waals surface area contributed by atoms with Crippen LogP contribution >= 0.6 is 27.3 Å². The number of hydrogen-bond acceptors (Lipinski definition) is 4. The molecule has 1 heterocycles. The van der Waals surface area contributed by atoms with Crippen LogP contribution in [0.4, 0.5) is 5.69 Å². The topological polar surface area (TPSA) is 46.2 Å². The van der Waals surface area contributed by atoms with Gasteiger partial charge in [-0.3, -0.25) is 0 Å². The summed E-state index contributed by atoms with van der Waals surface area (Å²) in [6.45, 7) is 2.26. The zero-order chi connectivity index (χ0) is 13.9. The molecular formula is C13H14BrNO2S2. The Morgan fingerprint density at radius 1 is 1.26 bits per heavy atom. The maximum Gasteiger partial charge on any atom is 0.180 e. The lowest BCUT2D eigenvalue weighted by Gasteiger charge is -2.11. The van der Waals surface area contributed by atoms with E-state index in [2.05, 4.69) is 21.2 Å². The third-order valence-corrected chi connectivity index (χ3v) is 6.45. The van der Waals surface area contributed by atoms with Crippen LogP contribution < -0.4 is 5.32 Å². The van der Waals surface area contributed by atoms with Gasteiger partial charge in [0.25, 0.3) is 0 Å². The summed E-state index contributed by atoms with van der Waals surface area (Å²) >= 11 is 5.09. The minimum atomic E-state index is -3.20. The van der Waals surface area contributed by atoms with Gasteiger partial charge in [0.05, 0.1) is 22.9 Å². The lowest BCUT2D eigenvalue weighted by molar-refractivity contribution is 0.597.